The van der Waals surface area contributed by atoms with Gasteiger partial charge in [0, 0.05) is 10.3 Å². The molecule has 0 saturated carbocycles. The van der Waals surface area contributed by atoms with Gasteiger partial charge in [0.25, 0.3) is 0 Å². The standard InChI is InChI=1S/C6H4FNS/c7-5-3-6(1-2-8)9-4-5/h3-4H,1H2. The molecule has 0 aliphatic heterocycles. The van der Waals surface area contributed by atoms with Crippen molar-refractivity contribution in [3.05, 3.63) is 22.1 Å². The van der Waals surface area contributed by atoms with E-state index in [2.05, 4.69) is 0 Å². The Kier molecular flexibility index (Phi) is 1.81. The zero-order valence-electron chi connectivity index (χ0n) is 4.60. The second kappa shape index (κ2) is 2.60. The van der Waals surface area contributed by atoms with Crippen molar-refractivity contribution in [2.45, 2.75) is 6.42 Å². The smallest absolute Gasteiger partial charge is 0.134 e. The van der Waals surface area contributed by atoms with Crippen molar-refractivity contribution in [3.8, 4) is 6.07 Å². The summed E-state index contributed by atoms with van der Waals surface area (Å²) >= 11 is 1.28. The molecule has 0 amide bonds. The molecule has 0 atom stereocenters. The van der Waals surface area contributed by atoms with E-state index in [4.69, 9.17) is 5.26 Å². The summed E-state index contributed by atoms with van der Waals surface area (Å²) in [7, 11) is 0. The lowest BCUT2D eigenvalue weighted by Gasteiger charge is -1.76. The maximum Gasteiger partial charge on any atom is 0.134 e. The van der Waals surface area contributed by atoms with Gasteiger partial charge in [0.2, 0.25) is 0 Å². The lowest BCUT2D eigenvalue weighted by Crippen LogP contribution is -1.69. The van der Waals surface area contributed by atoms with E-state index in [-0.39, 0.29) is 5.82 Å². The quantitative estimate of drug-likeness (QED) is 0.586. The number of nitriles is 1. The van der Waals surface area contributed by atoms with Crippen LogP contribution in [-0.4, -0.2) is 0 Å². The van der Waals surface area contributed by atoms with Gasteiger partial charge in [-0.3, -0.25) is 0 Å². The van der Waals surface area contributed by atoms with E-state index < -0.39 is 0 Å². The molecule has 1 heterocycles. The normalized spacial score (nSPS) is 8.89. The first-order chi connectivity index (χ1) is 4.33. The van der Waals surface area contributed by atoms with Crippen LogP contribution in [-0.2, 0) is 6.42 Å². The Hall–Kier alpha value is -0.880. The molecule has 0 aliphatic carbocycles. The summed E-state index contributed by atoms with van der Waals surface area (Å²) in [6.45, 7) is 0. The highest BCUT2D eigenvalue weighted by Crippen LogP contribution is 2.12. The Labute approximate surface area is 56.4 Å². The SMILES string of the molecule is N#CCc1cc(F)cs1. The predicted molar refractivity (Wildman–Crippen MR) is 33.6 cm³/mol. The van der Waals surface area contributed by atoms with Crippen LogP contribution in [0.5, 0.6) is 0 Å². The van der Waals surface area contributed by atoms with Gasteiger partial charge in [0.05, 0.1) is 12.5 Å². The molecule has 9 heavy (non-hydrogen) atoms. The molecule has 1 rings (SSSR count). The van der Waals surface area contributed by atoms with Gasteiger partial charge in [-0.25, -0.2) is 4.39 Å². The molecule has 0 bridgehead atoms. The maximum atomic E-state index is 12.2. The Balaban J connectivity index is 2.76. The monoisotopic (exact) mass is 141 g/mol. The minimum atomic E-state index is -0.245. The van der Waals surface area contributed by atoms with E-state index in [9.17, 15) is 4.39 Å². The molecule has 0 radical (unpaired) electrons. The minimum absolute atomic E-state index is 0.245. The predicted octanol–water partition coefficient (Wildman–Crippen LogP) is 1.95. The molecule has 0 aromatic carbocycles. The van der Waals surface area contributed by atoms with Gasteiger partial charge < -0.3 is 0 Å². The van der Waals surface area contributed by atoms with Crippen molar-refractivity contribution < 1.29 is 4.39 Å². The summed E-state index contributed by atoms with van der Waals surface area (Å²) in [6, 6.07) is 3.32. The van der Waals surface area contributed by atoms with E-state index in [1.165, 1.54) is 22.8 Å². The molecule has 3 heteroatoms. The molecule has 0 fully saturated rings. The van der Waals surface area contributed by atoms with Crippen molar-refractivity contribution in [2.24, 2.45) is 0 Å². The number of thiophene rings is 1. The van der Waals surface area contributed by atoms with Crippen LogP contribution < -0.4 is 0 Å². The summed E-state index contributed by atoms with van der Waals surface area (Å²) in [5, 5.41) is 9.56. The summed E-state index contributed by atoms with van der Waals surface area (Å²) in [5.74, 6) is -0.245. The van der Waals surface area contributed by atoms with Gasteiger partial charge in [0.1, 0.15) is 5.82 Å². The van der Waals surface area contributed by atoms with Crippen molar-refractivity contribution in [2.75, 3.05) is 0 Å². The summed E-state index contributed by atoms with van der Waals surface area (Å²) < 4.78 is 12.2. The van der Waals surface area contributed by atoms with Gasteiger partial charge in [-0.2, -0.15) is 5.26 Å². The maximum absolute atomic E-state index is 12.2. The third-order valence-corrected chi connectivity index (χ3v) is 1.78. The molecule has 1 aromatic rings. The minimum Gasteiger partial charge on any atom is -0.206 e. The Bertz CT molecular complexity index is 235. The topological polar surface area (TPSA) is 23.8 Å². The zero-order valence-corrected chi connectivity index (χ0v) is 5.41. The summed E-state index contributed by atoms with van der Waals surface area (Å²) in [4.78, 5) is 0.787. The average Bonchev–Trinajstić information content (AvgIpc) is 2.17. The lowest BCUT2D eigenvalue weighted by atomic mass is 10.4. The third kappa shape index (κ3) is 1.51. The van der Waals surface area contributed by atoms with E-state index in [0.29, 0.717) is 6.42 Å². The lowest BCUT2D eigenvalue weighted by molar-refractivity contribution is 0.632. The molecule has 1 nitrogen and oxygen atoms in total. The van der Waals surface area contributed by atoms with Gasteiger partial charge in [-0.15, -0.1) is 11.3 Å². The van der Waals surface area contributed by atoms with Crippen molar-refractivity contribution in [1.29, 1.82) is 5.26 Å². The van der Waals surface area contributed by atoms with Crippen molar-refractivity contribution in [3.63, 3.8) is 0 Å². The first-order valence-electron chi connectivity index (χ1n) is 2.43. The molecule has 0 N–H and O–H groups in total. The van der Waals surface area contributed by atoms with E-state index in [0.717, 1.165) is 4.88 Å². The Morgan fingerprint density at radius 3 is 3.00 bits per heavy atom. The van der Waals surface area contributed by atoms with Gasteiger partial charge in [-0.1, -0.05) is 0 Å². The second-order valence-corrected chi connectivity index (χ2v) is 2.56. The van der Waals surface area contributed by atoms with E-state index in [1.54, 1.807) is 0 Å². The zero-order chi connectivity index (χ0) is 6.69. The third-order valence-electron chi connectivity index (χ3n) is 0.875. The van der Waals surface area contributed by atoms with Crippen LogP contribution in [0.15, 0.2) is 11.4 Å². The van der Waals surface area contributed by atoms with E-state index in [1.807, 2.05) is 6.07 Å². The summed E-state index contributed by atoms with van der Waals surface area (Å²) in [6.07, 6.45) is 0.314. The Morgan fingerprint density at radius 1 is 1.78 bits per heavy atom. The summed E-state index contributed by atoms with van der Waals surface area (Å²) in [5.41, 5.74) is 0. The molecule has 46 valence electrons. The van der Waals surface area contributed by atoms with Gasteiger partial charge in [0.15, 0.2) is 0 Å². The first kappa shape index (κ1) is 6.24. The molecular weight excluding hydrogens is 137 g/mol. The largest absolute Gasteiger partial charge is 0.206 e. The van der Waals surface area contributed by atoms with Crippen LogP contribution in [0.2, 0.25) is 0 Å². The van der Waals surface area contributed by atoms with Crippen LogP contribution in [0, 0.1) is 17.1 Å². The first-order valence-corrected chi connectivity index (χ1v) is 3.31. The highest BCUT2D eigenvalue weighted by molar-refractivity contribution is 7.09. The highest BCUT2D eigenvalue weighted by Gasteiger charge is 1.95. The van der Waals surface area contributed by atoms with Crippen LogP contribution >= 0.6 is 11.3 Å². The fraction of sp³-hybridized carbons (Fsp3) is 0.167. The number of halogens is 1. The van der Waals surface area contributed by atoms with Crippen LogP contribution in [0.1, 0.15) is 4.88 Å². The van der Waals surface area contributed by atoms with Crippen molar-refractivity contribution >= 4 is 11.3 Å². The van der Waals surface area contributed by atoms with Crippen LogP contribution in [0.4, 0.5) is 4.39 Å². The van der Waals surface area contributed by atoms with Gasteiger partial charge >= 0.3 is 0 Å². The molecule has 0 spiro atoms. The molecule has 0 aliphatic rings. The number of rotatable bonds is 1. The van der Waals surface area contributed by atoms with Crippen molar-refractivity contribution in [1.82, 2.24) is 0 Å². The number of hydrogen-bond donors (Lipinski definition) is 0. The Morgan fingerprint density at radius 2 is 2.56 bits per heavy atom. The van der Waals surface area contributed by atoms with Gasteiger partial charge in [-0.05, 0) is 6.07 Å². The number of hydrogen-bond acceptors (Lipinski definition) is 2. The fourth-order valence-electron chi connectivity index (χ4n) is 0.524. The van der Waals surface area contributed by atoms with Crippen LogP contribution in [0.25, 0.3) is 0 Å². The molecular formula is C6H4FNS. The fourth-order valence-corrected chi connectivity index (χ4v) is 1.18. The van der Waals surface area contributed by atoms with Crippen LogP contribution in [0.3, 0.4) is 0 Å². The second-order valence-electron chi connectivity index (χ2n) is 1.57. The number of nitrogens with zero attached hydrogens (tertiary/aromatic N) is 1. The molecule has 1 aromatic heterocycles. The van der Waals surface area contributed by atoms with E-state index >= 15 is 0 Å². The molecule has 0 unspecified atom stereocenters. The average molecular weight is 141 g/mol. The highest BCUT2D eigenvalue weighted by atomic mass is 32.1. The molecule has 0 saturated heterocycles.